The first-order chi connectivity index (χ1) is 17.1. The zero-order chi connectivity index (χ0) is 26.4. The van der Waals surface area contributed by atoms with E-state index in [0.29, 0.717) is 23.6 Å². The Kier molecular flexibility index (Phi) is 7.25. The van der Waals surface area contributed by atoms with Crippen LogP contribution in [-0.4, -0.2) is 70.8 Å². The summed E-state index contributed by atoms with van der Waals surface area (Å²) < 4.78 is 12.0. The Balaban J connectivity index is 1.86. The lowest BCUT2D eigenvalue weighted by atomic mass is 9.66. The van der Waals surface area contributed by atoms with E-state index < -0.39 is 41.1 Å². The minimum atomic E-state index is -1.20. The van der Waals surface area contributed by atoms with E-state index in [2.05, 4.69) is 6.58 Å². The van der Waals surface area contributed by atoms with Crippen molar-refractivity contribution in [1.82, 2.24) is 4.90 Å². The van der Waals surface area contributed by atoms with Crippen molar-refractivity contribution in [2.75, 3.05) is 24.7 Å². The molecule has 2 amide bonds. The molecule has 3 aliphatic rings. The van der Waals surface area contributed by atoms with E-state index in [1.165, 1.54) is 4.90 Å². The number of likely N-dealkylation sites (tertiary alicyclic amines) is 1. The lowest BCUT2D eigenvalue weighted by Crippen LogP contribution is -2.60. The number of nitrogens with zero attached hydrogens (tertiary/aromatic N) is 2. The Bertz CT molecular complexity index is 1050. The maximum Gasteiger partial charge on any atom is 0.312 e. The molecule has 0 aliphatic carbocycles. The van der Waals surface area contributed by atoms with Gasteiger partial charge in [0.25, 0.3) is 5.91 Å². The van der Waals surface area contributed by atoms with Gasteiger partial charge < -0.3 is 24.4 Å². The highest BCUT2D eigenvalue weighted by molar-refractivity contribution is 6.30. The number of carbonyl (C=O) groups is 3. The van der Waals surface area contributed by atoms with Crippen molar-refractivity contribution in [3.05, 3.63) is 41.9 Å². The van der Waals surface area contributed by atoms with Crippen LogP contribution in [0.1, 0.15) is 40.5 Å². The molecule has 1 spiro atoms. The van der Waals surface area contributed by atoms with Crippen LogP contribution in [0.4, 0.5) is 5.69 Å². The molecule has 4 rings (SSSR count). The fourth-order valence-corrected chi connectivity index (χ4v) is 6.56. The molecule has 3 aliphatic heterocycles. The number of amides is 2. The third-order valence-corrected chi connectivity index (χ3v) is 8.27. The summed E-state index contributed by atoms with van der Waals surface area (Å²) in [6.45, 7) is 11.2. The summed E-state index contributed by atoms with van der Waals surface area (Å²) in [4.78, 5) is 44.7. The third-order valence-electron chi connectivity index (χ3n) is 8.02. The number of ether oxygens (including phenoxy) is 2. The molecule has 196 valence electrons. The highest BCUT2D eigenvalue weighted by Gasteiger charge is 2.79. The number of aliphatic hydroxyl groups excluding tert-OH is 1. The third kappa shape index (κ3) is 3.94. The molecule has 1 aromatic carbocycles. The summed E-state index contributed by atoms with van der Waals surface area (Å²) >= 11 is 6.08. The fraction of sp³-hybridized carbons (Fsp3) is 0.593. The molecule has 0 saturated carbocycles. The molecule has 0 aromatic heterocycles. The van der Waals surface area contributed by atoms with Gasteiger partial charge in [-0.05, 0) is 56.9 Å². The highest BCUT2D eigenvalue weighted by atomic mass is 35.5. The first kappa shape index (κ1) is 26.6. The van der Waals surface area contributed by atoms with Crippen LogP contribution in [0, 0.1) is 17.8 Å². The number of benzene rings is 1. The molecule has 2 bridgehead atoms. The van der Waals surface area contributed by atoms with E-state index in [9.17, 15) is 19.5 Å². The van der Waals surface area contributed by atoms with Crippen LogP contribution in [0.2, 0.25) is 5.02 Å². The largest absolute Gasteiger partial charge is 0.466 e. The minimum absolute atomic E-state index is 0.137. The van der Waals surface area contributed by atoms with Gasteiger partial charge in [-0.2, -0.15) is 0 Å². The molecule has 0 radical (unpaired) electrons. The summed E-state index contributed by atoms with van der Waals surface area (Å²) in [7, 11) is 0. The van der Waals surface area contributed by atoms with Gasteiger partial charge in [0.2, 0.25) is 5.91 Å². The lowest BCUT2D eigenvalue weighted by molar-refractivity contribution is -0.160. The first-order valence-electron chi connectivity index (χ1n) is 12.5. The van der Waals surface area contributed by atoms with Gasteiger partial charge in [-0.1, -0.05) is 31.5 Å². The van der Waals surface area contributed by atoms with Crippen LogP contribution >= 0.6 is 11.6 Å². The van der Waals surface area contributed by atoms with E-state index in [-0.39, 0.29) is 37.5 Å². The molecule has 1 N–H and O–H groups in total. The SMILES string of the molecule is C=CCN(C(=O)C1N([C@@H](CO)C(C)C)C(=O)[C@@H]2[C@H](C(=O)OCC)[C@]3(C)CCC12O3)c1ccc(Cl)cc1. The van der Waals surface area contributed by atoms with Crippen LogP contribution in [-0.2, 0) is 23.9 Å². The van der Waals surface area contributed by atoms with Gasteiger partial charge in [-0.3, -0.25) is 14.4 Å². The first-order valence-corrected chi connectivity index (χ1v) is 12.9. The highest BCUT2D eigenvalue weighted by Crippen LogP contribution is 2.64. The van der Waals surface area contributed by atoms with Gasteiger partial charge >= 0.3 is 5.97 Å². The summed E-state index contributed by atoms with van der Waals surface area (Å²) in [5, 5.41) is 10.9. The van der Waals surface area contributed by atoms with Gasteiger partial charge in [0.05, 0.1) is 30.8 Å². The second-order valence-corrected chi connectivity index (χ2v) is 10.9. The zero-order valence-corrected chi connectivity index (χ0v) is 22.0. The van der Waals surface area contributed by atoms with Crippen molar-refractivity contribution in [2.24, 2.45) is 17.8 Å². The molecule has 6 atom stereocenters. The standard InChI is InChI=1S/C27H35ClN2O6/c1-6-14-29(18-10-8-17(28)9-11-18)24(33)22-27-13-12-26(5,36-27)21(25(34)35-7-2)20(27)23(32)30(22)19(15-31)16(3)4/h6,8-11,16,19-22,31H,1,7,12-15H2,2-5H3/t19-,20-,21+,22?,26-,27?/m0/s1. The average molecular weight is 519 g/mol. The number of anilines is 1. The second kappa shape index (κ2) is 9.80. The number of halogens is 1. The van der Waals surface area contributed by atoms with Gasteiger partial charge in [0.15, 0.2) is 0 Å². The molecule has 8 nitrogen and oxygen atoms in total. The van der Waals surface area contributed by atoms with Crippen LogP contribution in [0.25, 0.3) is 0 Å². The minimum Gasteiger partial charge on any atom is -0.466 e. The summed E-state index contributed by atoms with van der Waals surface area (Å²) in [6.07, 6.45) is 2.58. The zero-order valence-electron chi connectivity index (χ0n) is 21.3. The van der Waals surface area contributed by atoms with Crippen molar-refractivity contribution >= 4 is 35.1 Å². The van der Waals surface area contributed by atoms with E-state index in [4.69, 9.17) is 21.1 Å². The maximum atomic E-state index is 14.4. The fourth-order valence-electron chi connectivity index (χ4n) is 6.43. The van der Waals surface area contributed by atoms with E-state index in [1.807, 2.05) is 20.8 Å². The monoisotopic (exact) mass is 518 g/mol. The molecular weight excluding hydrogens is 484 g/mol. The Labute approximate surface area is 217 Å². The predicted octanol–water partition coefficient (Wildman–Crippen LogP) is 3.20. The van der Waals surface area contributed by atoms with Crippen LogP contribution in [0.3, 0.4) is 0 Å². The maximum absolute atomic E-state index is 14.4. The number of hydrogen-bond acceptors (Lipinski definition) is 6. The summed E-state index contributed by atoms with van der Waals surface area (Å²) in [5.74, 6) is -3.01. The quantitative estimate of drug-likeness (QED) is 0.398. The van der Waals surface area contributed by atoms with Crippen LogP contribution < -0.4 is 4.90 Å². The number of esters is 1. The van der Waals surface area contributed by atoms with Gasteiger partial charge in [0, 0.05) is 17.3 Å². The van der Waals surface area contributed by atoms with Gasteiger partial charge in [-0.25, -0.2) is 0 Å². The van der Waals surface area contributed by atoms with Crippen LogP contribution in [0.5, 0.6) is 0 Å². The van der Waals surface area contributed by atoms with Crippen molar-refractivity contribution < 1.29 is 29.0 Å². The smallest absolute Gasteiger partial charge is 0.312 e. The lowest BCUT2D eigenvalue weighted by Gasteiger charge is -2.40. The average Bonchev–Trinajstić information content (AvgIpc) is 3.39. The molecule has 3 heterocycles. The number of rotatable bonds is 9. The Morgan fingerprint density at radius 2 is 2.00 bits per heavy atom. The Morgan fingerprint density at radius 1 is 1.33 bits per heavy atom. The van der Waals surface area contributed by atoms with Crippen LogP contribution in [0.15, 0.2) is 36.9 Å². The molecule has 3 saturated heterocycles. The normalized spacial score (nSPS) is 31.5. The van der Waals surface area contributed by atoms with E-state index >= 15 is 0 Å². The van der Waals surface area contributed by atoms with Crippen molar-refractivity contribution in [2.45, 2.75) is 63.8 Å². The summed E-state index contributed by atoms with van der Waals surface area (Å²) in [6, 6.07) is 5.22. The molecule has 36 heavy (non-hydrogen) atoms. The number of carbonyl (C=O) groups excluding carboxylic acids is 3. The number of aliphatic hydroxyl groups is 1. The predicted molar refractivity (Wildman–Crippen MR) is 135 cm³/mol. The molecule has 9 heteroatoms. The number of hydrogen-bond donors (Lipinski definition) is 1. The number of fused-ring (bicyclic) bond motifs is 1. The Morgan fingerprint density at radius 3 is 2.56 bits per heavy atom. The van der Waals surface area contributed by atoms with Gasteiger partial charge in [0.1, 0.15) is 17.6 Å². The summed E-state index contributed by atoms with van der Waals surface area (Å²) in [5.41, 5.74) is -1.51. The Hall–Kier alpha value is -2.42. The van der Waals surface area contributed by atoms with E-state index in [1.54, 1.807) is 42.2 Å². The van der Waals surface area contributed by atoms with E-state index in [0.717, 1.165) is 0 Å². The topological polar surface area (TPSA) is 96.4 Å². The second-order valence-electron chi connectivity index (χ2n) is 10.4. The van der Waals surface area contributed by atoms with Gasteiger partial charge in [-0.15, -0.1) is 6.58 Å². The molecule has 1 aromatic rings. The molecule has 3 fully saturated rings. The van der Waals surface area contributed by atoms with Crippen molar-refractivity contribution in [1.29, 1.82) is 0 Å². The van der Waals surface area contributed by atoms with Crippen molar-refractivity contribution in [3.63, 3.8) is 0 Å². The molecule has 2 unspecified atom stereocenters. The molecular formula is C27H35ClN2O6. The van der Waals surface area contributed by atoms with Crippen molar-refractivity contribution in [3.8, 4) is 0 Å².